The quantitative estimate of drug-likeness (QED) is 0.232. The predicted octanol–water partition coefficient (Wildman–Crippen LogP) is 7.14. The first kappa shape index (κ1) is 26.5. The molecule has 0 spiro atoms. The molecule has 0 fully saturated rings. The lowest BCUT2D eigenvalue weighted by Crippen LogP contribution is -2.40. The van der Waals surface area contributed by atoms with Gasteiger partial charge in [0.15, 0.2) is 5.78 Å². The molecule has 0 N–H and O–H groups in total. The van der Waals surface area contributed by atoms with Gasteiger partial charge < -0.3 is 9.47 Å². The standard InChI is InChI=1S/C25H18ClF3N2O5/c1-3-23(32)24(14-30,16-6-4-5-15(2)11-16)36-22-13-18(8-9-20(22)31(33)34)35-21-10-7-17(12-19(21)26)25(27,28)29/h4-13H,3H2,1-2H3. The summed E-state index contributed by atoms with van der Waals surface area (Å²) in [5, 5.41) is 21.4. The Morgan fingerprint density at radius 3 is 2.36 bits per heavy atom. The number of alkyl halides is 3. The van der Waals surface area contributed by atoms with Crippen molar-refractivity contribution < 1.29 is 32.4 Å². The van der Waals surface area contributed by atoms with Crippen molar-refractivity contribution in [1.29, 1.82) is 5.26 Å². The van der Waals surface area contributed by atoms with Gasteiger partial charge in [-0.25, -0.2) is 0 Å². The van der Waals surface area contributed by atoms with Crippen LogP contribution in [-0.2, 0) is 16.6 Å². The number of nitrogens with zero attached hydrogens (tertiary/aromatic N) is 2. The van der Waals surface area contributed by atoms with Crippen LogP contribution < -0.4 is 9.47 Å². The van der Waals surface area contributed by atoms with Gasteiger partial charge in [-0.3, -0.25) is 14.9 Å². The molecule has 0 amide bonds. The third-order valence-corrected chi connectivity index (χ3v) is 5.47. The number of Topliss-reactive ketones (excluding diaryl/α,β-unsaturated/α-hetero) is 1. The summed E-state index contributed by atoms with van der Waals surface area (Å²) in [5.41, 5.74) is -2.83. The molecular formula is C25H18ClF3N2O5. The third-order valence-electron chi connectivity index (χ3n) is 5.17. The molecule has 0 bridgehead atoms. The number of ether oxygens (including phenoxy) is 2. The van der Waals surface area contributed by atoms with Crippen LogP contribution in [0.3, 0.4) is 0 Å². The van der Waals surface area contributed by atoms with Crippen LogP contribution in [0.5, 0.6) is 17.2 Å². The topological polar surface area (TPSA) is 102 Å². The number of hydrogen-bond acceptors (Lipinski definition) is 6. The number of ketones is 1. The fourth-order valence-corrected chi connectivity index (χ4v) is 3.60. The zero-order valence-electron chi connectivity index (χ0n) is 18.9. The Hall–Kier alpha value is -4.10. The molecule has 3 aromatic carbocycles. The SMILES string of the molecule is CCC(=O)C(C#N)(Oc1cc(Oc2ccc(C(F)(F)F)cc2Cl)ccc1[N+](=O)[O-])c1cccc(C)c1. The first-order valence-electron chi connectivity index (χ1n) is 10.4. The van der Waals surface area contributed by atoms with Crippen LogP contribution in [0.15, 0.2) is 60.7 Å². The lowest BCUT2D eigenvalue weighted by molar-refractivity contribution is -0.386. The van der Waals surface area contributed by atoms with Gasteiger partial charge in [0.1, 0.15) is 17.6 Å². The van der Waals surface area contributed by atoms with E-state index in [0.717, 1.165) is 29.8 Å². The van der Waals surface area contributed by atoms with Crippen molar-refractivity contribution in [2.75, 3.05) is 0 Å². The molecule has 1 unspecified atom stereocenters. The summed E-state index contributed by atoms with van der Waals surface area (Å²) in [6.45, 7) is 3.26. The van der Waals surface area contributed by atoms with E-state index in [-0.39, 0.29) is 28.5 Å². The van der Waals surface area contributed by atoms with Gasteiger partial charge in [0.25, 0.3) is 5.60 Å². The van der Waals surface area contributed by atoms with Gasteiger partial charge in [-0.05, 0) is 31.2 Å². The van der Waals surface area contributed by atoms with Crippen molar-refractivity contribution in [3.05, 3.63) is 92.5 Å². The van der Waals surface area contributed by atoms with Crippen molar-refractivity contribution in [1.82, 2.24) is 0 Å². The molecule has 0 aliphatic rings. The van der Waals surface area contributed by atoms with Crippen LogP contribution in [0.4, 0.5) is 18.9 Å². The maximum Gasteiger partial charge on any atom is 0.416 e. The van der Waals surface area contributed by atoms with Crippen LogP contribution in [0.1, 0.15) is 30.0 Å². The molecule has 0 heterocycles. The summed E-state index contributed by atoms with van der Waals surface area (Å²) < 4.78 is 50.1. The van der Waals surface area contributed by atoms with Crippen molar-refractivity contribution >= 4 is 23.1 Å². The molecule has 11 heteroatoms. The molecular weight excluding hydrogens is 501 g/mol. The maximum atomic E-state index is 12.9. The van der Waals surface area contributed by atoms with Gasteiger partial charge in [-0.2, -0.15) is 18.4 Å². The number of nitro groups is 1. The van der Waals surface area contributed by atoms with Crippen LogP contribution in [0, 0.1) is 28.4 Å². The highest BCUT2D eigenvalue weighted by Crippen LogP contribution is 2.41. The average Bonchev–Trinajstić information content (AvgIpc) is 2.82. The Morgan fingerprint density at radius 2 is 1.81 bits per heavy atom. The van der Waals surface area contributed by atoms with Crippen LogP contribution in [0.25, 0.3) is 0 Å². The zero-order valence-corrected chi connectivity index (χ0v) is 19.7. The summed E-state index contributed by atoms with van der Waals surface area (Å²) >= 11 is 5.94. The third kappa shape index (κ3) is 5.42. The number of aryl methyl sites for hydroxylation is 1. The molecule has 3 rings (SSSR count). The second-order valence-corrected chi connectivity index (χ2v) is 8.08. The number of benzene rings is 3. The van der Waals surface area contributed by atoms with Gasteiger partial charge in [0.05, 0.1) is 15.5 Å². The molecule has 0 radical (unpaired) electrons. The molecule has 186 valence electrons. The molecule has 0 saturated carbocycles. The smallest absolute Gasteiger partial charge is 0.416 e. The van der Waals surface area contributed by atoms with Crippen LogP contribution in [0.2, 0.25) is 5.02 Å². The highest BCUT2D eigenvalue weighted by atomic mass is 35.5. The fraction of sp³-hybridized carbons (Fsp3) is 0.200. The van der Waals surface area contributed by atoms with Crippen molar-refractivity contribution in [3.63, 3.8) is 0 Å². The summed E-state index contributed by atoms with van der Waals surface area (Å²) in [6, 6.07) is 14.0. The number of carbonyl (C=O) groups is 1. The zero-order chi connectivity index (χ0) is 26.7. The predicted molar refractivity (Wildman–Crippen MR) is 124 cm³/mol. The van der Waals surface area contributed by atoms with Gasteiger partial charge >= 0.3 is 11.9 Å². The fourth-order valence-electron chi connectivity index (χ4n) is 3.38. The monoisotopic (exact) mass is 518 g/mol. The number of rotatable bonds is 8. The van der Waals surface area contributed by atoms with Crippen molar-refractivity contribution in [2.24, 2.45) is 0 Å². The second-order valence-electron chi connectivity index (χ2n) is 7.67. The summed E-state index contributed by atoms with van der Waals surface area (Å²) in [7, 11) is 0. The Labute approximate surface area is 208 Å². The van der Waals surface area contributed by atoms with E-state index in [9.17, 15) is 33.3 Å². The minimum Gasteiger partial charge on any atom is -0.456 e. The molecule has 36 heavy (non-hydrogen) atoms. The molecule has 0 aliphatic heterocycles. The van der Waals surface area contributed by atoms with Crippen molar-refractivity contribution in [2.45, 2.75) is 32.0 Å². The van der Waals surface area contributed by atoms with Gasteiger partial charge in [-0.1, -0.05) is 48.4 Å². The second kappa shape index (κ2) is 10.3. The van der Waals surface area contributed by atoms with Crippen LogP contribution in [-0.4, -0.2) is 10.7 Å². The van der Waals surface area contributed by atoms with Crippen molar-refractivity contribution in [3.8, 4) is 23.3 Å². The Balaban J connectivity index is 2.08. The van der Waals surface area contributed by atoms with E-state index >= 15 is 0 Å². The minimum atomic E-state index is -4.61. The van der Waals surface area contributed by atoms with Gasteiger partial charge in [-0.15, -0.1) is 0 Å². The number of carbonyl (C=O) groups excluding carboxylic acids is 1. The largest absolute Gasteiger partial charge is 0.456 e. The molecule has 3 aromatic rings. The number of halogens is 4. The molecule has 0 aromatic heterocycles. The van der Waals surface area contributed by atoms with E-state index in [4.69, 9.17) is 21.1 Å². The lowest BCUT2D eigenvalue weighted by atomic mass is 9.88. The summed E-state index contributed by atoms with van der Waals surface area (Å²) in [5.74, 6) is -1.33. The lowest BCUT2D eigenvalue weighted by Gasteiger charge is -2.27. The van der Waals surface area contributed by atoms with Crippen LogP contribution >= 0.6 is 11.6 Å². The van der Waals surface area contributed by atoms with Gasteiger partial charge in [0.2, 0.25) is 5.75 Å². The first-order chi connectivity index (χ1) is 16.9. The highest BCUT2D eigenvalue weighted by molar-refractivity contribution is 6.32. The summed E-state index contributed by atoms with van der Waals surface area (Å²) in [4.78, 5) is 23.8. The molecule has 0 saturated heterocycles. The molecule has 0 aliphatic carbocycles. The van der Waals surface area contributed by atoms with E-state index in [2.05, 4.69) is 0 Å². The van der Waals surface area contributed by atoms with E-state index in [0.29, 0.717) is 6.07 Å². The van der Waals surface area contributed by atoms with E-state index in [1.165, 1.54) is 19.1 Å². The number of nitriles is 1. The molecule has 1 atom stereocenters. The normalized spacial score (nSPS) is 12.8. The van der Waals surface area contributed by atoms with E-state index in [1.54, 1.807) is 25.1 Å². The van der Waals surface area contributed by atoms with Gasteiger partial charge in [0, 0.05) is 24.1 Å². The minimum absolute atomic E-state index is 0.0858. The van der Waals surface area contributed by atoms with E-state index < -0.39 is 39.5 Å². The van der Waals surface area contributed by atoms with E-state index in [1.807, 2.05) is 6.07 Å². The summed E-state index contributed by atoms with van der Waals surface area (Å²) in [6.07, 6.45) is -4.72. The Kier molecular flexibility index (Phi) is 7.55. The first-order valence-corrected chi connectivity index (χ1v) is 10.8. The maximum absolute atomic E-state index is 12.9. The highest BCUT2D eigenvalue weighted by Gasteiger charge is 2.43. The number of hydrogen-bond donors (Lipinski definition) is 0. The number of nitro benzene ring substituents is 1. The Morgan fingerprint density at radius 1 is 1.08 bits per heavy atom. The molecule has 7 nitrogen and oxygen atoms in total. The average molecular weight is 519 g/mol. The Bertz CT molecular complexity index is 1370.